The van der Waals surface area contributed by atoms with Crippen LogP contribution in [0.4, 0.5) is 11.6 Å². The average Bonchev–Trinajstić information content (AvgIpc) is 3.27. The lowest BCUT2D eigenvalue weighted by molar-refractivity contribution is -0.142. The maximum atomic E-state index is 13.8. The number of carbonyl (C=O) groups excluding carboxylic acids is 1. The quantitative estimate of drug-likeness (QED) is 0.320. The number of terminal acetylenes is 1. The van der Waals surface area contributed by atoms with E-state index in [9.17, 15) is 14.4 Å². The number of aromatic nitrogens is 5. The lowest BCUT2D eigenvalue weighted by Crippen LogP contribution is -2.44. The van der Waals surface area contributed by atoms with E-state index >= 15 is 0 Å². The minimum atomic E-state index is -0.756. The van der Waals surface area contributed by atoms with Crippen molar-refractivity contribution in [2.45, 2.75) is 45.4 Å². The Balaban J connectivity index is 1.98. The highest BCUT2D eigenvalue weighted by Gasteiger charge is 2.27. The minimum Gasteiger partial charge on any atom is -0.451 e. The molecule has 12 nitrogen and oxygen atoms in total. The highest BCUT2D eigenvalue weighted by molar-refractivity contribution is 5.77. The average molecular weight is 505 g/mol. The van der Waals surface area contributed by atoms with Crippen LogP contribution in [0.5, 0.6) is 0 Å². The summed E-state index contributed by atoms with van der Waals surface area (Å²) in [5, 5.41) is 0. The number of nitrogens with zero attached hydrogens (tertiary/aromatic N) is 6. The van der Waals surface area contributed by atoms with E-state index in [0.717, 1.165) is 22.0 Å². The number of hydrogen-bond donors (Lipinski definition) is 2. The molecule has 4 N–H and O–H groups in total. The lowest BCUT2D eigenvalue weighted by atomic mass is 10.1. The molecule has 12 heteroatoms. The van der Waals surface area contributed by atoms with Crippen molar-refractivity contribution in [2.24, 2.45) is 5.73 Å². The zero-order chi connectivity index (χ0) is 26.5. The number of imidazole rings is 1. The molecule has 0 bridgehead atoms. The number of anilines is 2. The molecule has 1 unspecified atom stereocenters. The van der Waals surface area contributed by atoms with Gasteiger partial charge in [-0.1, -0.05) is 11.8 Å². The number of nitrogens with two attached hydrogens (primary N) is 2. The van der Waals surface area contributed by atoms with Crippen LogP contribution in [0.3, 0.4) is 0 Å². The van der Waals surface area contributed by atoms with Crippen LogP contribution in [-0.4, -0.2) is 55.4 Å². The van der Waals surface area contributed by atoms with Crippen molar-refractivity contribution in [3.05, 3.63) is 44.9 Å². The van der Waals surface area contributed by atoms with Crippen LogP contribution in [0.2, 0.25) is 0 Å². The molecule has 0 amide bonds. The summed E-state index contributed by atoms with van der Waals surface area (Å²) in [4.78, 5) is 50.8. The van der Waals surface area contributed by atoms with Crippen molar-refractivity contribution in [1.82, 2.24) is 23.7 Å². The van der Waals surface area contributed by atoms with Gasteiger partial charge >= 0.3 is 11.7 Å². The molecule has 1 atom stereocenters. The smallest absolute Gasteiger partial charge is 0.333 e. The highest BCUT2D eigenvalue weighted by atomic mass is 16.5. The summed E-state index contributed by atoms with van der Waals surface area (Å²) < 4.78 is 8.75. The first-order chi connectivity index (χ1) is 17.8. The number of nitrogen functional groups attached to an aromatic ring is 1. The third kappa shape index (κ3) is 5.20. The zero-order valence-corrected chi connectivity index (χ0v) is 20.5. The zero-order valence-electron chi connectivity index (χ0n) is 20.5. The van der Waals surface area contributed by atoms with Crippen LogP contribution in [0, 0.1) is 24.2 Å². The van der Waals surface area contributed by atoms with Gasteiger partial charge in [0.25, 0.3) is 5.56 Å². The molecule has 4 heterocycles. The van der Waals surface area contributed by atoms with Gasteiger partial charge in [-0.3, -0.25) is 28.3 Å². The number of pyridine rings is 1. The molecule has 1 saturated heterocycles. The summed E-state index contributed by atoms with van der Waals surface area (Å²) in [5.41, 5.74) is 11.7. The van der Waals surface area contributed by atoms with Crippen LogP contribution in [0.15, 0.2) is 27.9 Å². The van der Waals surface area contributed by atoms with Gasteiger partial charge in [-0.05, 0) is 31.9 Å². The minimum absolute atomic E-state index is 0.0462. The largest absolute Gasteiger partial charge is 0.451 e. The van der Waals surface area contributed by atoms with Crippen molar-refractivity contribution >= 4 is 28.8 Å². The Labute approximate surface area is 212 Å². The van der Waals surface area contributed by atoms with E-state index in [0.29, 0.717) is 30.4 Å². The molecule has 0 saturated carbocycles. The molecule has 3 aromatic rings. The fourth-order valence-corrected chi connectivity index (χ4v) is 4.33. The number of hydrogen-bond acceptors (Lipinski definition) is 9. The Hall–Kier alpha value is -4.55. The standard InChI is InChI=1S/C25H28N8O4/c1-3-5-12-31-21-22(29-24(31)30-11-7-8-17(26)14-30)32(16-20(34)37-13-4-2)25(36)33(23(21)35)15-19-18(27)9-6-10-28-19/h2,6,9-10,17H,7-8,11-16,26-27H2,1H3. The van der Waals surface area contributed by atoms with E-state index < -0.39 is 23.8 Å². The van der Waals surface area contributed by atoms with Crippen LogP contribution in [0.25, 0.3) is 11.2 Å². The van der Waals surface area contributed by atoms with Crippen LogP contribution in [0.1, 0.15) is 25.5 Å². The number of rotatable bonds is 7. The predicted molar refractivity (Wildman–Crippen MR) is 139 cm³/mol. The molecule has 0 spiro atoms. The molecule has 192 valence electrons. The van der Waals surface area contributed by atoms with E-state index in [1.54, 1.807) is 23.6 Å². The molecule has 0 aromatic carbocycles. The van der Waals surface area contributed by atoms with Gasteiger partial charge in [-0.2, -0.15) is 4.98 Å². The molecule has 0 radical (unpaired) electrons. The Bertz CT molecular complexity index is 1550. The molecule has 0 aliphatic carbocycles. The SMILES string of the molecule is C#CCOC(=O)Cn1c(=O)n(Cc2ncccc2N)c(=O)c2c1nc(N1CCCC(N)C1)n2CC#CC. The van der Waals surface area contributed by atoms with E-state index in [2.05, 4.69) is 27.7 Å². The third-order valence-electron chi connectivity index (χ3n) is 6.09. The normalized spacial score (nSPS) is 15.2. The van der Waals surface area contributed by atoms with Crippen molar-refractivity contribution in [1.29, 1.82) is 0 Å². The summed E-state index contributed by atoms with van der Waals surface area (Å²) >= 11 is 0. The highest BCUT2D eigenvalue weighted by Crippen LogP contribution is 2.23. The summed E-state index contributed by atoms with van der Waals surface area (Å²) in [5.74, 6) is 7.73. The van der Waals surface area contributed by atoms with Gasteiger partial charge in [0.1, 0.15) is 6.54 Å². The molecule has 4 rings (SSSR count). The molecule has 1 fully saturated rings. The molecule has 1 aliphatic heterocycles. The summed E-state index contributed by atoms with van der Waals surface area (Å²) in [6.07, 6.45) is 8.43. The first-order valence-corrected chi connectivity index (χ1v) is 11.8. The number of ether oxygens (including phenoxy) is 1. The second kappa shape index (κ2) is 11.0. The van der Waals surface area contributed by atoms with Gasteiger partial charge < -0.3 is 21.1 Å². The Morgan fingerprint density at radius 2 is 2.11 bits per heavy atom. The number of fused-ring (bicyclic) bond motifs is 1. The van der Waals surface area contributed by atoms with Crippen LogP contribution < -0.4 is 27.6 Å². The second-order valence-corrected chi connectivity index (χ2v) is 8.61. The topological polar surface area (TPSA) is 156 Å². The maximum Gasteiger partial charge on any atom is 0.333 e. The van der Waals surface area contributed by atoms with Gasteiger partial charge in [0.05, 0.1) is 24.5 Å². The van der Waals surface area contributed by atoms with Crippen LogP contribution >= 0.6 is 0 Å². The summed E-state index contributed by atoms with van der Waals surface area (Å²) in [7, 11) is 0. The van der Waals surface area contributed by atoms with Crippen LogP contribution in [-0.2, 0) is 29.2 Å². The number of piperidine rings is 1. The number of carbonyl (C=O) groups is 1. The summed E-state index contributed by atoms with van der Waals surface area (Å²) in [6.45, 7) is 2.08. The molecule has 37 heavy (non-hydrogen) atoms. The van der Waals surface area contributed by atoms with E-state index in [1.807, 2.05) is 4.90 Å². The van der Waals surface area contributed by atoms with Crippen molar-refractivity contribution < 1.29 is 9.53 Å². The van der Waals surface area contributed by atoms with Crippen molar-refractivity contribution in [2.75, 3.05) is 30.3 Å². The lowest BCUT2D eigenvalue weighted by Gasteiger charge is -2.31. The third-order valence-corrected chi connectivity index (χ3v) is 6.09. The fourth-order valence-electron chi connectivity index (χ4n) is 4.33. The monoisotopic (exact) mass is 504 g/mol. The first-order valence-electron chi connectivity index (χ1n) is 11.8. The first kappa shape index (κ1) is 25.5. The number of esters is 1. The van der Waals surface area contributed by atoms with Gasteiger partial charge in [-0.15, -0.1) is 12.3 Å². The van der Waals surface area contributed by atoms with E-state index in [1.165, 1.54) is 6.20 Å². The fraction of sp³-hybridized carbons (Fsp3) is 0.400. The predicted octanol–water partition coefficient (Wildman–Crippen LogP) is -0.488. The molecular formula is C25H28N8O4. The van der Waals surface area contributed by atoms with Gasteiger partial charge in [0.2, 0.25) is 5.95 Å². The van der Waals surface area contributed by atoms with Gasteiger partial charge in [-0.25, -0.2) is 4.79 Å². The molecular weight excluding hydrogens is 476 g/mol. The van der Waals surface area contributed by atoms with E-state index in [-0.39, 0.29) is 36.9 Å². The Kier molecular flexibility index (Phi) is 7.60. The Morgan fingerprint density at radius 1 is 1.30 bits per heavy atom. The van der Waals surface area contributed by atoms with Crippen molar-refractivity contribution in [3.8, 4) is 24.2 Å². The van der Waals surface area contributed by atoms with Gasteiger partial charge in [0.15, 0.2) is 17.8 Å². The molecule has 3 aromatic heterocycles. The van der Waals surface area contributed by atoms with Crippen molar-refractivity contribution in [3.63, 3.8) is 0 Å². The summed E-state index contributed by atoms with van der Waals surface area (Å²) in [6, 6.07) is 3.21. The van der Waals surface area contributed by atoms with Gasteiger partial charge in [0, 0.05) is 25.3 Å². The second-order valence-electron chi connectivity index (χ2n) is 8.61. The Morgan fingerprint density at radius 3 is 2.81 bits per heavy atom. The maximum absolute atomic E-state index is 13.8. The van der Waals surface area contributed by atoms with E-state index in [4.69, 9.17) is 22.6 Å². The molecule has 1 aliphatic rings.